The van der Waals surface area contributed by atoms with Crippen molar-refractivity contribution in [3.05, 3.63) is 29.3 Å². The number of para-hydroxylation sites is 1. The van der Waals surface area contributed by atoms with Gasteiger partial charge >= 0.3 is 0 Å². The van der Waals surface area contributed by atoms with Crippen LogP contribution in [0, 0.1) is 5.41 Å². The predicted octanol–water partition coefficient (Wildman–Crippen LogP) is 3.63. The lowest BCUT2D eigenvalue weighted by atomic mass is 9.82. The van der Waals surface area contributed by atoms with E-state index in [-0.39, 0.29) is 11.3 Å². The SMILES string of the molecule is CCC1(C(=O)NCc2cccc3c2NCCC3)CCCC1. The van der Waals surface area contributed by atoms with Crippen molar-refractivity contribution in [2.24, 2.45) is 5.41 Å². The molecule has 1 fully saturated rings. The molecule has 0 bridgehead atoms. The Morgan fingerprint density at radius 2 is 2.10 bits per heavy atom. The number of hydrogen-bond acceptors (Lipinski definition) is 2. The quantitative estimate of drug-likeness (QED) is 0.887. The van der Waals surface area contributed by atoms with E-state index in [1.165, 1.54) is 36.1 Å². The zero-order chi connectivity index (χ0) is 14.7. The number of carbonyl (C=O) groups is 1. The Morgan fingerprint density at radius 3 is 2.86 bits per heavy atom. The molecule has 0 atom stereocenters. The molecule has 0 radical (unpaired) electrons. The van der Waals surface area contributed by atoms with Gasteiger partial charge < -0.3 is 10.6 Å². The van der Waals surface area contributed by atoms with Crippen LogP contribution in [0.3, 0.4) is 0 Å². The van der Waals surface area contributed by atoms with Crippen LogP contribution in [0.4, 0.5) is 5.69 Å². The largest absolute Gasteiger partial charge is 0.385 e. The van der Waals surface area contributed by atoms with E-state index < -0.39 is 0 Å². The molecule has 21 heavy (non-hydrogen) atoms. The van der Waals surface area contributed by atoms with Crippen LogP contribution in [-0.2, 0) is 17.8 Å². The van der Waals surface area contributed by atoms with Crippen molar-refractivity contribution in [3.63, 3.8) is 0 Å². The lowest BCUT2D eigenvalue weighted by Crippen LogP contribution is -2.38. The number of carbonyl (C=O) groups excluding carboxylic acids is 1. The number of fused-ring (bicyclic) bond motifs is 1. The van der Waals surface area contributed by atoms with Crippen LogP contribution in [0.1, 0.15) is 56.6 Å². The Hall–Kier alpha value is -1.51. The van der Waals surface area contributed by atoms with Gasteiger partial charge in [0, 0.05) is 24.2 Å². The fraction of sp³-hybridized carbons (Fsp3) is 0.611. The minimum absolute atomic E-state index is 0.0950. The second kappa shape index (κ2) is 6.08. The number of amides is 1. The molecule has 1 amide bonds. The first-order valence-electron chi connectivity index (χ1n) is 8.38. The molecule has 2 aliphatic rings. The van der Waals surface area contributed by atoms with Crippen molar-refractivity contribution in [1.29, 1.82) is 0 Å². The van der Waals surface area contributed by atoms with E-state index in [1.807, 2.05) is 0 Å². The molecular formula is C18H26N2O. The summed E-state index contributed by atoms with van der Waals surface area (Å²) in [5.74, 6) is 0.260. The summed E-state index contributed by atoms with van der Waals surface area (Å²) < 4.78 is 0. The first-order valence-corrected chi connectivity index (χ1v) is 8.38. The highest BCUT2D eigenvalue weighted by atomic mass is 16.2. The molecular weight excluding hydrogens is 260 g/mol. The maximum absolute atomic E-state index is 12.6. The van der Waals surface area contributed by atoms with Crippen molar-refractivity contribution < 1.29 is 4.79 Å². The lowest BCUT2D eigenvalue weighted by Gasteiger charge is -2.27. The van der Waals surface area contributed by atoms with E-state index >= 15 is 0 Å². The zero-order valence-corrected chi connectivity index (χ0v) is 13.0. The summed E-state index contributed by atoms with van der Waals surface area (Å²) in [7, 11) is 0. The second-order valence-corrected chi connectivity index (χ2v) is 6.51. The number of rotatable bonds is 4. The van der Waals surface area contributed by atoms with Crippen LogP contribution in [0.25, 0.3) is 0 Å². The van der Waals surface area contributed by atoms with E-state index in [4.69, 9.17) is 0 Å². The summed E-state index contributed by atoms with van der Waals surface area (Å²) in [6.45, 7) is 3.84. The number of hydrogen-bond donors (Lipinski definition) is 2. The van der Waals surface area contributed by atoms with Gasteiger partial charge in [-0.1, -0.05) is 38.0 Å². The molecule has 1 aromatic rings. The standard InChI is InChI=1S/C18H26N2O/c1-2-18(10-3-4-11-18)17(21)20-13-15-8-5-7-14-9-6-12-19-16(14)15/h5,7-8,19H,2-4,6,9-13H2,1H3,(H,20,21). The molecule has 0 saturated heterocycles. The topological polar surface area (TPSA) is 41.1 Å². The summed E-state index contributed by atoms with van der Waals surface area (Å²) >= 11 is 0. The van der Waals surface area contributed by atoms with Crippen molar-refractivity contribution in [1.82, 2.24) is 5.32 Å². The van der Waals surface area contributed by atoms with Crippen molar-refractivity contribution in [2.45, 2.75) is 58.4 Å². The van der Waals surface area contributed by atoms with Gasteiger partial charge in [-0.2, -0.15) is 0 Å². The minimum atomic E-state index is -0.0950. The summed E-state index contributed by atoms with van der Waals surface area (Å²) in [6, 6.07) is 6.43. The number of benzene rings is 1. The molecule has 2 N–H and O–H groups in total. The molecule has 1 heterocycles. The molecule has 0 aromatic heterocycles. The van der Waals surface area contributed by atoms with E-state index in [9.17, 15) is 4.79 Å². The first-order chi connectivity index (χ1) is 10.2. The minimum Gasteiger partial charge on any atom is -0.385 e. The molecule has 1 saturated carbocycles. The Kier molecular flexibility index (Phi) is 4.18. The van der Waals surface area contributed by atoms with Crippen molar-refractivity contribution >= 4 is 11.6 Å². The normalized spacial score (nSPS) is 19.7. The zero-order valence-electron chi connectivity index (χ0n) is 13.0. The van der Waals surface area contributed by atoms with Gasteiger partial charge in [-0.15, -0.1) is 0 Å². The van der Waals surface area contributed by atoms with Crippen LogP contribution < -0.4 is 10.6 Å². The maximum Gasteiger partial charge on any atom is 0.226 e. The third kappa shape index (κ3) is 2.78. The number of anilines is 1. The lowest BCUT2D eigenvalue weighted by molar-refractivity contribution is -0.131. The summed E-state index contributed by atoms with van der Waals surface area (Å²) in [5, 5.41) is 6.70. The smallest absolute Gasteiger partial charge is 0.226 e. The number of aryl methyl sites for hydroxylation is 1. The molecule has 3 rings (SSSR count). The van der Waals surface area contributed by atoms with Crippen molar-refractivity contribution in [2.75, 3.05) is 11.9 Å². The monoisotopic (exact) mass is 286 g/mol. The van der Waals surface area contributed by atoms with Gasteiger partial charge in [-0.25, -0.2) is 0 Å². The predicted molar refractivity (Wildman–Crippen MR) is 86.3 cm³/mol. The van der Waals surface area contributed by atoms with Gasteiger partial charge in [0.1, 0.15) is 0 Å². The summed E-state index contributed by atoms with van der Waals surface area (Å²) in [6.07, 6.45) is 7.81. The highest BCUT2D eigenvalue weighted by Crippen LogP contribution is 2.41. The Labute approximate surface area is 127 Å². The van der Waals surface area contributed by atoms with Gasteiger partial charge in [-0.3, -0.25) is 4.79 Å². The molecule has 3 nitrogen and oxygen atoms in total. The van der Waals surface area contributed by atoms with Crippen molar-refractivity contribution in [3.8, 4) is 0 Å². The summed E-state index contributed by atoms with van der Waals surface area (Å²) in [5.41, 5.74) is 3.77. The van der Waals surface area contributed by atoms with Gasteiger partial charge in [0.15, 0.2) is 0 Å². The van der Waals surface area contributed by atoms with Crippen LogP contribution in [0.15, 0.2) is 18.2 Å². The van der Waals surface area contributed by atoms with Gasteiger partial charge in [-0.05, 0) is 43.2 Å². The van der Waals surface area contributed by atoms with Crippen LogP contribution in [0.2, 0.25) is 0 Å². The fourth-order valence-electron chi connectivity index (χ4n) is 3.88. The third-order valence-electron chi connectivity index (χ3n) is 5.32. The molecule has 1 aliphatic heterocycles. The Balaban J connectivity index is 1.69. The fourth-order valence-corrected chi connectivity index (χ4v) is 3.88. The van der Waals surface area contributed by atoms with E-state index in [0.29, 0.717) is 6.54 Å². The van der Waals surface area contributed by atoms with Gasteiger partial charge in [0.2, 0.25) is 5.91 Å². The van der Waals surface area contributed by atoms with Crippen LogP contribution in [-0.4, -0.2) is 12.5 Å². The molecule has 1 aliphatic carbocycles. The second-order valence-electron chi connectivity index (χ2n) is 6.51. The van der Waals surface area contributed by atoms with E-state index in [2.05, 4.69) is 35.8 Å². The van der Waals surface area contributed by atoms with Crippen LogP contribution >= 0.6 is 0 Å². The third-order valence-corrected chi connectivity index (χ3v) is 5.32. The number of nitrogens with one attached hydrogen (secondary N) is 2. The average Bonchev–Trinajstić information content (AvgIpc) is 3.03. The maximum atomic E-state index is 12.6. The van der Waals surface area contributed by atoms with E-state index in [0.717, 1.165) is 32.2 Å². The molecule has 3 heteroatoms. The van der Waals surface area contributed by atoms with Gasteiger partial charge in [0.25, 0.3) is 0 Å². The summed E-state index contributed by atoms with van der Waals surface area (Å²) in [4.78, 5) is 12.6. The first kappa shape index (κ1) is 14.4. The molecule has 114 valence electrons. The molecule has 0 spiro atoms. The van der Waals surface area contributed by atoms with Crippen LogP contribution in [0.5, 0.6) is 0 Å². The average molecular weight is 286 g/mol. The molecule has 1 aromatic carbocycles. The Morgan fingerprint density at radius 1 is 1.29 bits per heavy atom. The van der Waals surface area contributed by atoms with Gasteiger partial charge in [0.05, 0.1) is 0 Å². The molecule has 0 unspecified atom stereocenters. The highest BCUT2D eigenvalue weighted by molar-refractivity contribution is 5.83. The van der Waals surface area contributed by atoms with E-state index in [1.54, 1.807) is 0 Å². The highest BCUT2D eigenvalue weighted by Gasteiger charge is 2.39. The Bertz CT molecular complexity index is 518.